The van der Waals surface area contributed by atoms with Crippen LogP contribution in [0, 0.1) is 0 Å². The summed E-state index contributed by atoms with van der Waals surface area (Å²) in [5.74, 6) is 1.87. The zero-order valence-corrected chi connectivity index (χ0v) is 33.5. The van der Waals surface area contributed by atoms with E-state index in [1.54, 1.807) is 11.3 Å². The molecule has 5 nitrogen and oxygen atoms in total. The molecule has 6 heteroatoms. The van der Waals surface area contributed by atoms with Gasteiger partial charge in [-0.3, -0.25) is 4.57 Å². The Morgan fingerprint density at radius 2 is 0.902 bits per heavy atom. The minimum atomic E-state index is 0.584. The lowest BCUT2D eigenvalue weighted by Gasteiger charge is -2.12. The predicted octanol–water partition coefficient (Wildman–Crippen LogP) is 14.6. The number of rotatable bonds is 5. The molecule has 4 aromatic heterocycles. The Labute approximate surface area is 354 Å². The molecule has 0 spiro atoms. The van der Waals surface area contributed by atoms with Crippen molar-refractivity contribution in [3.63, 3.8) is 0 Å². The zero-order chi connectivity index (χ0) is 40.0. The number of nitrogens with zero attached hydrogens (tertiary/aromatic N) is 5. The fourth-order valence-electron chi connectivity index (χ4n) is 9.42. The van der Waals surface area contributed by atoms with Crippen LogP contribution in [0.1, 0.15) is 0 Å². The molecule has 0 fully saturated rings. The first-order valence-corrected chi connectivity index (χ1v) is 21.3. The number of thiophene rings is 1. The second-order valence-electron chi connectivity index (χ2n) is 15.6. The Morgan fingerprint density at radius 3 is 1.62 bits per heavy atom. The van der Waals surface area contributed by atoms with Gasteiger partial charge in [-0.25, -0.2) is 4.98 Å². The van der Waals surface area contributed by atoms with Crippen molar-refractivity contribution in [2.75, 3.05) is 0 Å². The first-order chi connectivity index (χ1) is 30.2. The van der Waals surface area contributed by atoms with Crippen LogP contribution in [0.25, 0.3) is 120 Å². The Morgan fingerprint density at radius 1 is 0.361 bits per heavy atom. The molecular formula is C55H33N5S. The molecule has 13 rings (SSSR count). The molecule has 4 heterocycles. The van der Waals surface area contributed by atoms with E-state index in [0.717, 1.165) is 49.6 Å². The number of para-hydroxylation sites is 3. The smallest absolute Gasteiger partial charge is 0.238 e. The maximum absolute atomic E-state index is 5.42. The van der Waals surface area contributed by atoms with E-state index in [1.807, 2.05) is 18.2 Å². The van der Waals surface area contributed by atoms with Gasteiger partial charge in [-0.15, -0.1) is 11.3 Å². The summed E-state index contributed by atoms with van der Waals surface area (Å²) in [5.41, 5.74) is 9.87. The van der Waals surface area contributed by atoms with E-state index in [1.165, 1.54) is 52.9 Å². The van der Waals surface area contributed by atoms with Crippen LogP contribution >= 0.6 is 11.3 Å². The molecule has 0 aliphatic heterocycles. The molecule has 0 unspecified atom stereocenters. The molecule has 0 N–H and O–H groups in total. The van der Waals surface area contributed by atoms with Gasteiger partial charge in [0.25, 0.3) is 0 Å². The molecule has 0 saturated heterocycles. The number of aromatic nitrogens is 5. The van der Waals surface area contributed by atoms with E-state index < -0.39 is 0 Å². The predicted molar refractivity (Wildman–Crippen MR) is 255 cm³/mol. The summed E-state index contributed by atoms with van der Waals surface area (Å²) in [6.07, 6.45) is 0. The fourth-order valence-corrected chi connectivity index (χ4v) is 10.6. The van der Waals surface area contributed by atoms with E-state index in [0.29, 0.717) is 17.6 Å². The minimum absolute atomic E-state index is 0.584. The highest BCUT2D eigenvalue weighted by atomic mass is 32.1. The van der Waals surface area contributed by atoms with Gasteiger partial charge < -0.3 is 4.57 Å². The quantitative estimate of drug-likeness (QED) is 0.174. The second kappa shape index (κ2) is 13.3. The second-order valence-corrected chi connectivity index (χ2v) is 16.7. The zero-order valence-electron chi connectivity index (χ0n) is 32.7. The van der Waals surface area contributed by atoms with E-state index in [-0.39, 0.29) is 0 Å². The van der Waals surface area contributed by atoms with Crippen molar-refractivity contribution in [3.05, 3.63) is 200 Å². The van der Waals surface area contributed by atoms with Gasteiger partial charge in [-0.1, -0.05) is 140 Å². The van der Waals surface area contributed by atoms with Crippen molar-refractivity contribution >= 4 is 85.9 Å². The van der Waals surface area contributed by atoms with Crippen LogP contribution in [0.3, 0.4) is 0 Å². The lowest BCUT2D eigenvalue weighted by molar-refractivity contribution is 0.954. The molecule has 284 valence electrons. The third-order valence-electron chi connectivity index (χ3n) is 12.2. The lowest BCUT2D eigenvalue weighted by Crippen LogP contribution is -2.06. The van der Waals surface area contributed by atoms with Crippen LogP contribution in [0.4, 0.5) is 0 Å². The number of fused-ring (bicyclic) bond motifs is 11. The van der Waals surface area contributed by atoms with Gasteiger partial charge in [0.05, 0.1) is 22.1 Å². The molecule has 13 aromatic rings. The van der Waals surface area contributed by atoms with E-state index in [9.17, 15) is 0 Å². The Balaban J connectivity index is 1.03. The molecule has 0 atom stereocenters. The Kier molecular flexibility index (Phi) is 7.41. The maximum Gasteiger partial charge on any atom is 0.238 e. The van der Waals surface area contributed by atoms with Crippen LogP contribution < -0.4 is 0 Å². The van der Waals surface area contributed by atoms with Gasteiger partial charge in [0.15, 0.2) is 11.6 Å². The first kappa shape index (κ1) is 34.0. The summed E-state index contributed by atoms with van der Waals surface area (Å²) in [4.78, 5) is 15.9. The highest BCUT2D eigenvalue weighted by Crippen LogP contribution is 2.44. The third kappa shape index (κ3) is 5.22. The van der Waals surface area contributed by atoms with E-state index in [4.69, 9.17) is 15.0 Å². The molecule has 9 aromatic carbocycles. The van der Waals surface area contributed by atoms with Crippen molar-refractivity contribution in [1.29, 1.82) is 0 Å². The largest absolute Gasteiger partial charge is 0.309 e. The standard InChI is InChI=1S/C55H33N5S/c1-3-15-34(16-4-1)53-56-54(45-33-37-17-7-8-20-39(37)51-42-23-11-14-26-50(42)61-52(45)51)58-55(57-53)60-47-25-13-10-22-41(47)44-32-36(28-30-49(44)60)35-27-29-48-43(31-35)40-21-9-12-24-46(40)59(48)38-18-5-2-6-19-38/h1-33H. The fraction of sp³-hybridized carbons (Fsp3) is 0. The van der Waals surface area contributed by atoms with Crippen LogP contribution in [0.5, 0.6) is 0 Å². The molecule has 0 aliphatic carbocycles. The SMILES string of the molecule is c1ccc(-c2nc(-c3cc4ccccc4c4c3sc3ccccc34)nc(-n3c4ccccc4c4cc(-c5ccc6c(c5)c5ccccc5n6-c5ccccc5)ccc43)n2)cc1. The molecule has 0 aliphatic rings. The molecule has 0 amide bonds. The van der Waals surface area contributed by atoms with Gasteiger partial charge in [-0.2, -0.15) is 9.97 Å². The molecular weight excluding hydrogens is 763 g/mol. The highest BCUT2D eigenvalue weighted by molar-refractivity contribution is 7.26. The highest BCUT2D eigenvalue weighted by Gasteiger charge is 2.22. The van der Waals surface area contributed by atoms with Gasteiger partial charge in [-0.05, 0) is 82.6 Å². The Hall–Kier alpha value is -7.93. The third-order valence-corrected chi connectivity index (χ3v) is 13.4. The number of hydrogen-bond acceptors (Lipinski definition) is 4. The molecule has 0 saturated carbocycles. The summed E-state index contributed by atoms with van der Waals surface area (Å²) in [6.45, 7) is 0. The first-order valence-electron chi connectivity index (χ1n) is 20.5. The van der Waals surface area contributed by atoms with Crippen LogP contribution in [-0.4, -0.2) is 24.1 Å². The minimum Gasteiger partial charge on any atom is -0.309 e. The van der Waals surface area contributed by atoms with Crippen molar-refractivity contribution in [2.45, 2.75) is 0 Å². The van der Waals surface area contributed by atoms with Crippen LogP contribution in [0.15, 0.2) is 200 Å². The van der Waals surface area contributed by atoms with Crippen molar-refractivity contribution in [1.82, 2.24) is 24.1 Å². The summed E-state index contributed by atoms with van der Waals surface area (Å²) in [6, 6.07) is 71.4. The normalized spacial score (nSPS) is 11.9. The van der Waals surface area contributed by atoms with Crippen molar-refractivity contribution in [3.8, 4) is 45.5 Å². The Bertz CT molecular complexity index is 3880. The molecule has 61 heavy (non-hydrogen) atoms. The average molecular weight is 796 g/mol. The maximum atomic E-state index is 5.42. The molecule has 0 bridgehead atoms. The summed E-state index contributed by atoms with van der Waals surface area (Å²) in [7, 11) is 0. The van der Waals surface area contributed by atoms with Crippen LogP contribution in [-0.2, 0) is 0 Å². The van der Waals surface area contributed by atoms with Gasteiger partial charge in [0.1, 0.15) is 0 Å². The van der Waals surface area contributed by atoms with Crippen molar-refractivity contribution in [2.24, 2.45) is 0 Å². The average Bonchev–Trinajstić information content (AvgIpc) is 3.99. The topological polar surface area (TPSA) is 48.5 Å². The van der Waals surface area contributed by atoms with Gasteiger partial charge in [0.2, 0.25) is 5.95 Å². The van der Waals surface area contributed by atoms with Crippen LogP contribution in [0.2, 0.25) is 0 Å². The number of benzene rings is 9. The molecule has 0 radical (unpaired) electrons. The summed E-state index contributed by atoms with van der Waals surface area (Å²) >= 11 is 1.80. The van der Waals surface area contributed by atoms with Gasteiger partial charge in [0, 0.05) is 58.5 Å². The van der Waals surface area contributed by atoms with Gasteiger partial charge >= 0.3 is 0 Å². The van der Waals surface area contributed by atoms with E-state index >= 15 is 0 Å². The van der Waals surface area contributed by atoms with E-state index in [2.05, 4.69) is 191 Å². The van der Waals surface area contributed by atoms with Crippen molar-refractivity contribution < 1.29 is 0 Å². The summed E-state index contributed by atoms with van der Waals surface area (Å²) in [5, 5.41) is 9.62. The summed E-state index contributed by atoms with van der Waals surface area (Å²) < 4.78 is 6.99. The monoisotopic (exact) mass is 795 g/mol. The number of hydrogen-bond donors (Lipinski definition) is 0. The lowest BCUT2D eigenvalue weighted by atomic mass is 10.00.